The highest BCUT2D eigenvalue weighted by molar-refractivity contribution is 4.85. The van der Waals surface area contributed by atoms with Crippen molar-refractivity contribution in [3.05, 3.63) is 0 Å². The Hall–Kier alpha value is 0. The monoisotopic (exact) mass is 250 g/mol. The molecule has 0 heterocycles. The fraction of sp³-hybridized carbons (Fsp3) is 1.00. The second-order valence-corrected chi connectivity index (χ2v) is 8.16. The Labute approximate surface area is 115 Å². The Morgan fingerprint density at radius 3 is 2.22 bits per heavy atom. The first-order valence-electron chi connectivity index (χ1n) is 8.49. The molecule has 4 unspecified atom stereocenters. The Morgan fingerprint density at radius 1 is 0.778 bits per heavy atom. The van der Waals surface area contributed by atoms with E-state index in [1.165, 1.54) is 57.8 Å². The topological polar surface area (TPSA) is 0 Å². The van der Waals surface area contributed by atoms with Gasteiger partial charge in [-0.25, -0.2) is 0 Å². The van der Waals surface area contributed by atoms with E-state index in [2.05, 4.69) is 27.7 Å². The van der Waals surface area contributed by atoms with Gasteiger partial charge in [-0.1, -0.05) is 66.2 Å². The van der Waals surface area contributed by atoms with Crippen molar-refractivity contribution in [2.75, 3.05) is 0 Å². The smallest absolute Gasteiger partial charge is 0.0328 e. The normalized spacial score (nSPS) is 42.0. The molecular formula is C18H34. The molecule has 2 aliphatic rings. The van der Waals surface area contributed by atoms with Crippen molar-refractivity contribution in [1.82, 2.24) is 0 Å². The van der Waals surface area contributed by atoms with E-state index < -0.39 is 0 Å². The van der Waals surface area contributed by atoms with Crippen molar-refractivity contribution in [2.45, 2.75) is 85.5 Å². The van der Waals surface area contributed by atoms with Crippen LogP contribution in [0.15, 0.2) is 0 Å². The lowest BCUT2D eigenvalue weighted by Gasteiger charge is -2.41. The van der Waals surface area contributed by atoms with Gasteiger partial charge in [-0.15, -0.1) is 0 Å². The Bertz CT molecular complexity index is 253. The van der Waals surface area contributed by atoms with Crippen LogP contribution in [-0.4, -0.2) is 0 Å². The summed E-state index contributed by atoms with van der Waals surface area (Å²) in [6.45, 7) is 10.0. The van der Waals surface area contributed by atoms with Gasteiger partial charge in [0.05, 0.1) is 0 Å². The summed E-state index contributed by atoms with van der Waals surface area (Å²) in [5, 5.41) is 0. The summed E-state index contributed by atoms with van der Waals surface area (Å²) in [6, 6.07) is 0. The molecule has 0 radical (unpaired) electrons. The lowest BCUT2D eigenvalue weighted by Crippen LogP contribution is -2.31. The average molecular weight is 250 g/mol. The number of hydrogen-bond donors (Lipinski definition) is 0. The molecule has 2 fully saturated rings. The molecule has 0 bridgehead atoms. The zero-order chi connectivity index (χ0) is 13.2. The molecule has 18 heavy (non-hydrogen) atoms. The molecule has 0 aromatic heterocycles. The van der Waals surface area contributed by atoms with Gasteiger partial charge < -0.3 is 0 Å². The van der Waals surface area contributed by atoms with Gasteiger partial charge in [0, 0.05) is 0 Å². The highest BCUT2D eigenvalue weighted by Gasteiger charge is 2.34. The van der Waals surface area contributed by atoms with Gasteiger partial charge in [-0.3, -0.25) is 0 Å². The molecule has 0 aliphatic heterocycles. The van der Waals surface area contributed by atoms with Crippen LogP contribution in [0, 0.1) is 29.1 Å². The van der Waals surface area contributed by atoms with Crippen LogP contribution in [0.4, 0.5) is 0 Å². The fourth-order valence-electron chi connectivity index (χ4n) is 4.47. The average Bonchev–Trinajstić information content (AvgIpc) is 2.28. The Kier molecular flexibility index (Phi) is 4.78. The molecule has 0 aromatic carbocycles. The second kappa shape index (κ2) is 5.97. The maximum Gasteiger partial charge on any atom is -0.0328 e. The van der Waals surface area contributed by atoms with Gasteiger partial charge in [0.2, 0.25) is 0 Å². The first-order valence-corrected chi connectivity index (χ1v) is 8.49. The maximum atomic E-state index is 2.52. The molecule has 2 rings (SSSR count). The standard InChI is InChI=1S/C18H34/c1-14-8-5-6-9-16-10-7-11-18(3,4)15(2)13-17(16)12-14/h14-17H,5-13H2,1-4H3. The van der Waals surface area contributed by atoms with Crippen molar-refractivity contribution >= 4 is 0 Å². The predicted octanol–water partition coefficient (Wildman–Crippen LogP) is 6.06. The van der Waals surface area contributed by atoms with Crippen LogP contribution in [0.3, 0.4) is 0 Å². The summed E-state index contributed by atoms with van der Waals surface area (Å²) in [7, 11) is 0. The predicted molar refractivity (Wildman–Crippen MR) is 80.6 cm³/mol. The van der Waals surface area contributed by atoms with E-state index in [0.29, 0.717) is 5.41 Å². The van der Waals surface area contributed by atoms with Gasteiger partial charge in [0.25, 0.3) is 0 Å². The van der Waals surface area contributed by atoms with E-state index in [0.717, 1.165) is 23.7 Å². The lowest BCUT2D eigenvalue weighted by atomic mass is 9.64. The quantitative estimate of drug-likeness (QED) is 0.490. The summed E-state index contributed by atoms with van der Waals surface area (Å²) in [5.41, 5.74) is 0.580. The van der Waals surface area contributed by atoms with Crippen LogP contribution in [0.5, 0.6) is 0 Å². The van der Waals surface area contributed by atoms with Crippen molar-refractivity contribution in [2.24, 2.45) is 29.1 Å². The molecule has 0 amide bonds. The third kappa shape index (κ3) is 3.52. The minimum Gasteiger partial charge on any atom is -0.0625 e. The summed E-state index contributed by atoms with van der Waals surface area (Å²) in [5.74, 6) is 3.99. The van der Waals surface area contributed by atoms with Gasteiger partial charge in [0.1, 0.15) is 0 Å². The molecule has 0 heteroatoms. The molecule has 2 aliphatic carbocycles. The minimum absolute atomic E-state index is 0.580. The largest absolute Gasteiger partial charge is 0.0625 e. The second-order valence-electron chi connectivity index (χ2n) is 8.16. The van der Waals surface area contributed by atoms with Crippen molar-refractivity contribution in [3.8, 4) is 0 Å². The van der Waals surface area contributed by atoms with Gasteiger partial charge in [-0.05, 0) is 48.3 Å². The molecule has 0 spiro atoms. The summed E-state index contributed by atoms with van der Waals surface area (Å²) >= 11 is 0. The van der Waals surface area contributed by atoms with Gasteiger partial charge in [0.15, 0.2) is 0 Å². The number of hydrogen-bond acceptors (Lipinski definition) is 0. The third-order valence-electron chi connectivity index (χ3n) is 6.28. The molecule has 0 nitrogen and oxygen atoms in total. The van der Waals surface area contributed by atoms with E-state index in [1.807, 2.05) is 0 Å². The Morgan fingerprint density at radius 2 is 1.44 bits per heavy atom. The SMILES string of the molecule is CC1CCCCC2CCCC(C)(C)C(C)CC2C1. The van der Waals surface area contributed by atoms with Crippen LogP contribution in [0.1, 0.15) is 85.5 Å². The molecule has 4 atom stereocenters. The fourth-order valence-corrected chi connectivity index (χ4v) is 4.47. The molecule has 0 saturated heterocycles. The van der Waals surface area contributed by atoms with Crippen LogP contribution in [-0.2, 0) is 0 Å². The van der Waals surface area contributed by atoms with Crippen LogP contribution >= 0.6 is 0 Å². The minimum atomic E-state index is 0.580. The summed E-state index contributed by atoms with van der Waals surface area (Å²) in [4.78, 5) is 0. The lowest BCUT2D eigenvalue weighted by molar-refractivity contribution is 0.0926. The van der Waals surface area contributed by atoms with Gasteiger partial charge >= 0.3 is 0 Å². The first-order chi connectivity index (χ1) is 8.49. The molecule has 2 saturated carbocycles. The van der Waals surface area contributed by atoms with Crippen LogP contribution < -0.4 is 0 Å². The van der Waals surface area contributed by atoms with E-state index in [9.17, 15) is 0 Å². The number of fused-ring (bicyclic) bond motifs is 1. The molecule has 0 aromatic rings. The first kappa shape index (κ1) is 14.4. The van der Waals surface area contributed by atoms with Crippen molar-refractivity contribution in [1.29, 1.82) is 0 Å². The highest BCUT2D eigenvalue weighted by atomic mass is 14.4. The van der Waals surface area contributed by atoms with E-state index in [-0.39, 0.29) is 0 Å². The number of rotatable bonds is 0. The van der Waals surface area contributed by atoms with E-state index in [4.69, 9.17) is 0 Å². The molecule has 106 valence electrons. The van der Waals surface area contributed by atoms with Crippen molar-refractivity contribution in [3.63, 3.8) is 0 Å². The Balaban J connectivity index is 2.07. The highest BCUT2D eigenvalue weighted by Crippen LogP contribution is 2.45. The van der Waals surface area contributed by atoms with Crippen LogP contribution in [0.25, 0.3) is 0 Å². The summed E-state index contributed by atoms with van der Waals surface area (Å²) in [6.07, 6.45) is 13.5. The maximum absolute atomic E-state index is 2.52. The zero-order valence-corrected chi connectivity index (χ0v) is 13.2. The summed E-state index contributed by atoms with van der Waals surface area (Å²) < 4.78 is 0. The molecule has 0 N–H and O–H groups in total. The third-order valence-corrected chi connectivity index (χ3v) is 6.28. The van der Waals surface area contributed by atoms with Gasteiger partial charge in [-0.2, -0.15) is 0 Å². The molecular weight excluding hydrogens is 216 g/mol. The van der Waals surface area contributed by atoms with E-state index in [1.54, 1.807) is 0 Å². The van der Waals surface area contributed by atoms with Crippen LogP contribution in [0.2, 0.25) is 0 Å². The van der Waals surface area contributed by atoms with E-state index >= 15 is 0 Å². The van der Waals surface area contributed by atoms with Crippen molar-refractivity contribution < 1.29 is 0 Å². The zero-order valence-electron chi connectivity index (χ0n) is 13.2.